The molecule has 0 aliphatic rings. The molecule has 2 aromatic rings. The van der Waals surface area contributed by atoms with Gasteiger partial charge in [-0.05, 0) is 25.2 Å². The van der Waals surface area contributed by atoms with E-state index in [2.05, 4.69) is 53.3 Å². The van der Waals surface area contributed by atoms with Gasteiger partial charge in [-0.2, -0.15) is 0 Å². The summed E-state index contributed by atoms with van der Waals surface area (Å²) >= 11 is 0. The molecule has 0 saturated heterocycles. The van der Waals surface area contributed by atoms with Crippen molar-refractivity contribution in [3.8, 4) is 0 Å². The number of nitrogens with one attached hydrogen (secondary N) is 1. The maximum atomic E-state index is 4.66. The summed E-state index contributed by atoms with van der Waals surface area (Å²) in [6, 6.07) is 12.5. The summed E-state index contributed by atoms with van der Waals surface area (Å²) in [4.78, 5) is 7.07. The Balaban J connectivity index is 0.00000200. The van der Waals surface area contributed by atoms with Crippen LogP contribution in [0.1, 0.15) is 19.5 Å². The van der Waals surface area contributed by atoms with Crippen LogP contribution in [0.15, 0.2) is 36.4 Å². The molecule has 0 atom stereocenters. The molecule has 110 valence electrons. The highest BCUT2D eigenvalue weighted by Crippen LogP contribution is 2.11. The van der Waals surface area contributed by atoms with Gasteiger partial charge in [0.05, 0.1) is 11.2 Å². The Morgan fingerprint density at radius 2 is 1.80 bits per heavy atom. The van der Waals surface area contributed by atoms with Crippen molar-refractivity contribution in [2.45, 2.75) is 20.4 Å². The Hall–Kier alpha value is -1.16. The maximum Gasteiger partial charge on any atom is 0.0705 e. The van der Waals surface area contributed by atoms with E-state index < -0.39 is 0 Å². The highest BCUT2D eigenvalue weighted by Gasteiger charge is 2.00. The number of likely N-dealkylation sites (N-methyl/N-ethyl adjacent to an activating group) is 1. The lowest BCUT2D eigenvalue weighted by Gasteiger charge is -2.17. The van der Waals surface area contributed by atoms with Gasteiger partial charge in [-0.1, -0.05) is 38.1 Å². The molecular weight excluding hydrogens is 270 g/mol. The summed E-state index contributed by atoms with van der Waals surface area (Å²) in [7, 11) is 0. The second kappa shape index (κ2) is 8.90. The molecule has 3 nitrogen and oxygen atoms in total. The molecule has 1 aromatic heterocycles. The molecule has 0 fully saturated rings. The lowest BCUT2D eigenvalue weighted by molar-refractivity contribution is 0.302. The van der Waals surface area contributed by atoms with Crippen LogP contribution in [0.25, 0.3) is 10.9 Å². The molecule has 1 heterocycles. The lowest BCUT2D eigenvalue weighted by Crippen LogP contribution is -2.31. The molecule has 2 rings (SSSR count). The first kappa shape index (κ1) is 16.9. The average molecular weight is 294 g/mol. The summed E-state index contributed by atoms with van der Waals surface area (Å²) < 4.78 is 0. The van der Waals surface area contributed by atoms with Gasteiger partial charge in [-0.3, -0.25) is 4.98 Å². The van der Waals surface area contributed by atoms with Crippen molar-refractivity contribution in [1.82, 2.24) is 15.2 Å². The highest BCUT2D eigenvalue weighted by molar-refractivity contribution is 5.85. The van der Waals surface area contributed by atoms with Gasteiger partial charge >= 0.3 is 0 Å². The molecule has 1 N–H and O–H groups in total. The van der Waals surface area contributed by atoms with E-state index in [1.807, 2.05) is 12.1 Å². The number of benzene rings is 1. The smallest absolute Gasteiger partial charge is 0.0705 e. The van der Waals surface area contributed by atoms with E-state index in [9.17, 15) is 0 Å². The number of rotatable bonds is 7. The zero-order chi connectivity index (χ0) is 13.5. The van der Waals surface area contributed by atoms with Gasteiger partial charge in [0.25, 0.3) is 0 Å². The van der Waals surface area contributed by atoms with Gasteiger partial charge in [0.2, 0.25) is 0 Å². The fourth-order valence-corrected chi connectivity index (χ4v) is 2.20. The van der Waals surface area contributed by atoms with Gasteiger partial charge in [-0.25, -0.2) is 0 Å². The molecule has 0 spiro atoms. The lowest BCUT2D eigenvalue weighted by atomic mass is 10.2. The molecule has 0 bridgehead atoms. The monoisotopic (exact) mass is 293 g/mol. The summed E-state index contributed by atoms with van der Waals surface area (Å²) in [5, 5.41) is 4.66. The van der Waals surface area contributed by atoms with Crippen LogP contribution < -0.4 is 5.32 Å². The molecule has 4 heteroatoms. The SMILES string of the molecule is CCN(CC)CCNCc1ccc2ccccc2n1.Cl. The fourth-order valence-electron chi connectivity index (χ4n) is 2.20. The molecule has 0 unspecified atom stereocenters. The molecule has 0 amide bonds. The van der Waals surface area contributed by atoms with Crippen molar-refractivity contribution >= 4 is 23.3 Å². The maximum absolute atomic E-state index is 4.66. The minimum absolute atomic E-state index is 0. The molecule has 1 aromatic carbocycles. The van der Waals surface area contributed by atoms with Gasteiger partial charge in [0.1, 0.15) is 0 Å². The van der Waals surface area contributed by atoms with Crippen LogP contribution in [0.3, 0.4) is 0 Å². The van der Waals surface area contributed by atoms with Gasteiger partial charge in [-0.15, -0.1) is 12.4 Å². The van der Waals surface area contributed by atoms with Crippen molar-refractivity contribution in [1.29, 1.82) is 0 Å². The number of para-hydroxylation sites is 1. The minimum Gasteiger partial charge on any atom is -0.310 e. The predicted octanol–water partition coefficient (Wildman–Crippen LogP) is 3.09. The zero-order valence-corrected chi connectivity index (χ0v) is 13.1. The van der Waals surface area contributed by atoms with Crippen LogP contribution in [-0.4, -0.2) is 36.1 Å². The van der Waals surface area contributed by atoms with E-state index in [0.717, 1.165) is 43.9 Å². The number of nitrogens with zero attached hydrogens (tertiary/aromatic N) is 2. The Bertz CT molecular complexity index is 512. The second-order valence-corrected chi connectivity index (χ2v) is 4.70. The molecule has 0 aliphatic heterocycles. The topological polar surface area (TPSA) is 28.2 Å². The van der Waals surface area contributed by atoms with Crippen LogP contribution >= 0.6 is 12.4 Å². The van der Waals surface area contributed by atoms with Gasteiger partial charge in [0.15, 0.2) is 0 Å². The van der Waals surface area contributed by atoms with Crippen molar-refractivity contribution in [3.63, 3.8) is 0 Å². The first-order valence-corrected chi connectivity index (χ1v) is 7.11. The number of halogens is 1. The van der Waals surface area contributed by atoms with E-state index in [1.54, 1.807) is 0 Å². The molecule has 20 heavy (non-hydrogen) atoms. The molecular formula is C16H24ClN3. The Kier molecular flexibility index (Phi) is 7.52. The molecule has 0 radical (unpaired) electrons. The van der Waals surface area contributed by atoms with E-state index in [1.165, 1.54) is 5.39 Å². The van der Waals surface area contributed by atoms with Crippen LogP contribution in [0.5, 0.6) is 0 Å². The normalized spacial score (nSPS) is 10.8. The van der Waals surface area contributed by atoms with Crippen molar-refractivity contribution in [2.75, 3.05) is 26.2 Å². The summed E-state index contributed by atoms with van der Waals surface area (Å²) in [6.45, 7) is 9.59. The van der Waals surface area contributed by atoms with Crippen LogP contribution in [-0.2, 0) is 6.54 Å². The Morgan fingerprint density at radius 1 is 1.05 bits per heavy atom. The van der Waals surface area contributed by atoms with E-state index >= 15 is 0 Å². The van der Waals surface area contributed by atoms with E-state index in [0.29, 0.717) is 0 Å². The number of fused-ring (bicyclic) bond motifs is 1. The summed E-state index contributed by atoms with van der Waals surface area (Å²) in [6.07, 6.45) is 0. The van der Waals surface area contributed by atoms with E-state index in [-0.39, 0.29) is 12.4 Å². The Labute approximate surface area is 127 Å². The quantitative estimate of drug-likeness (QED) is 0.795. The third-order valence-electron chi connectivity index (χ3n) is 3.46. The summed E-state index contributed by atoms with van der Waals surface area (Å²) in [5.74, 6) is 0. The molecule has 0 saturated carbocycles. The minimum atomic E-state index is 0. The van der Waals surface area contributed by atoms with E-state index in [4.69, 9.17) is 0 Å². The first-order valence-electron chi connectivity index (χ1n) is 7.11. The molecule has 0 aliphatic carbocycles. The number of pyridine rings is 1. The third kappa shape index (κ3) is 4.75. The number of hydrogen-bond acceptors (Lipinski definition) is 3. The van der Waals surface area contributed by atoms with Crippen molar-refractivity contribution in [2.24, 2.45) is 0 Å². The number of hydrogen-bond donors (Lipinski definition) is 1. The second-order valence-electron chi connectivity index (χ2n) is 4.70. The number of aromatic nitrogens is 1. The standard InChI is InChI=1S/C16H23N3.ClH/c1-3-19(4-2)12-11-17-13-15-10-9-14-7-5-6-8-16(14)18-15;/h5-10,17H,3-4,11-13H2,1-2H3;1H. The fraction of sp³-hybridized carbons (Fsp3) is 0.438. The van der Waals surface area contributed by atoms with Gasteiger partial charge in [0, 0.05) is 25.0 Å². The van der Waals surface area contributed by atoms with Crippen LogP contribution in [0, 0.1) is 0 Å². The predicted molar refractivity (Wildman–Crippen MR) is 88.5 cm³/mol. The van der Waals surface area contributed by atoms with Crippen molar-refractivity contribution in [3.05, 3.63) is 42.1 Å². The Morgan fingerprint density at radius 3 is 2.55 bits per heavy atom. The average Bonchev–Trinajstić information content (AvgIpc) is 2.47. The summed E-state index contributed by atoms with van der Waals surface area (Å²) in [5.41, 5.74) is 2.18. The highest BCUT2D eigenvalue weighted by atomic mass is 35.5. The van der Waals surface area contributed by atoms with Gasteiger partial charge < -0.3 is 10.2 Å². The largest absolute Gasteiger partial charge is 0.310 e. The van der Waals surface area contributed by atoms with Crippen LogP contribution in [0.2, 0.25) is 0 Å². The van der Waals surface area contributed by atoms with Crippen molar-refractivity contribution < 1.29 is 0 Å². The zero-order valence-electron chi connectivity index (χ0n) is 12.3. The first-order chi connectivity index (χ1) is 9.33. The third-order valence-corrected chi connectivity index (χ3v) is 3.46. The van der Waals surface area contributed by atoms with Crippen LogP contribution in [0.4, 0.5) is 0 Å².